The summed E-state index contributed by atoms with van der Waals surface area (Å²) in [6.07, 6.45) is 1.38. The summed E-state index contributed by atoms with van der Waals surface area (Å²) in [4.78, 5) is 24.7. The average molecular weight is 258 g/mol. The topological polar surface area (TPSA) is 92.9 Å². The lowest BCUT2D eigenvalue weighted by Gasteiger charge is -2.23. The molecule has 0 radical (unpaired) electrons. The van der Waals surface area contributed by atoms with Gasteiger partial charge in [0.1, 0.15) is 0 Å². The lowest BCUT2D eigenvalue weighted by Crippen LogP contribution is -2.36. The van der Waals surface area contributed by atoms with Crippen molar-refractivity contribution in [2.24, 2.45) is 11.1 Å². The Balaban J connectivity index is 2.41. The molecule has 1 amide bonds. The first-order valence-electron chi connectivity index (χ1n) is 6.34. The van der Waals surface area contributed by atoms with Crippen LogP contribution >= 0.6 is 0 Å². The van der Waals surface area contributed by atoms with Crippen LogP contribution < -0.4 is 5.73 Å². The number of carboxylic acids is 1. The molecule has 1 unspecified atom stereocenters. The van der Waals surface area contributed by atoms with Gasteiger partial charge in [-0.15, -0.1) is 0 Å². The standard InChI is InChI=1S/C12H22N2O4/c1-2-12(11(16)17)4-6-14(9-12)10(15)3-7-18-8-5-13/h2-9,13H2,1H3,(H,16,17). The number of amides is 1. The number of rotatable bonds is 7. The Labute approximate surface area is 107 Å². The van der Waals surface area contributed by atoms with Crippen LogP contribution in [0, 0.1) is 5.41 Å². The SMILES string of the molecule is CCC1(C(=O)O)CCN(C(=O)CCOCCN)C1. The molecule has 1 fully saturated rings. The average Bonchev–Trinajstić information content (AvgIpc) is 2.80. The van der Waals surface area contributed by atoms with Gasteiger partial charge in [0.2, 0.25) is 5.91 Å². The number of aliphatic carboxylic acids is 1. The monoisotopic (exact) mass is 258 g/mol. The Morgan fingerprint density at radius 3 is 2.67 bits per heavy atom. The highest BCUT2D eigenvalue weighted by molar-refractivity contribution is 5.80. The predicted octanol–water partition coefficient (Wildman–Crippen LogP) is 0.0651. The fraction of sp³-hybridized carbons (Fsp3) is 0.833. The number of hydrogen-bond acceptors (Lipinski definition) is 4. The maximum absolute atomic E-state index is 11.9. The first-order chi connectivity index (χ1) is 8.55. The molecule has 1 atom stereocenters. The molecule has 18 heavy (non-hydrogen) atoms. The first-order valence-corrected chi connectivity index (χ1v) is 6.34. The second-order valence-corrected chi connectivity index (χ2v) is 4.66. The van der Waals surface area contributed by atoms with Crippen molar-refractivity contribution in [3.63, 3.8) is 0 Å². The fourth-order valence-corrected chi connectivity index (χ4v) is 2.20. The number of nitrogens with zero attached hydrogens (tertiary/aromatic N) is 1. The molecule has 1 rings (SSSR count). The summed E-state index contributed by atoms with van der Waals surface area (Å²) in [5.41, 5.74) is 4.51. The van der Waals surface area contributed by atoms with Crippen LogP contribution in [-0.2, 0) is 14.3 Å². The van der Waals surface area contributed by atoms with E-state index in [4.69, 9.17) is 10.5 Å². The summed E-state index contributed by atoms with van der Waals surface area (Å²) >= 11 is 0. The van der Waals surface area contributed by atoms with E-state index in [0.717, 1.165) is 0 Å². The van der Waals surface area contributed by atoms with Crippen LogP contribution in [0.3, 0.4) is 0 Å². The van der Waals surface area contributed by atoms with Gasteiger partial charge in [0.15, 0.2) is 0 Å². The third kappa shape index (κ3) is 3.43. The molecule has 6 heteroatoms. The summed E-state index contributed by atoms with van der Waals surface area (Å²) in [6.45, 7) is 3.92. The van der Waals surface area contributed by atoms with Crippen LogP contribution in [0.25, 0.3) is 0 Å². The zero-order valence-corrected chi connectivity index (χ0v) is 10.9. The van der Waals surface area contributed by atoms with Crippen LogP contribution in [-0.4, -0.2) is 54.7 Å². The molecule has 3 N–H and O–H groups in total. The number of hydrogen-bond donors (Lipinski definition) is 2. The van der Waals surface area contributed by atoms with E-state index in [-0.39, 0.29) is 5.91 Å². The van der Waals surface area contributed by atoms with Crippen molar-refractivity contribution in [1.82, 2.24) is 4.90 Å². The van der Waals surface area contributed by atoms with E-state index in [1.807, 2.05) is 6.92 Å². The van der Waals surface area contributed by atoms with E-state index >= 15 is 0 Å². The molecule has 1 aliphatic rings. The Kier molecular flexibility index (Phi) is 5.55. The second-order valence-electron chi connectivity index (χ2n) is 4.66. The smallest absolute Gasteiger partial charge is 0.311 e. The van der Waals surface area contributed by atoms with Crippen molar-refractivity contribution in [2.45, 2.75) is 26.2 Å². The minimum absolute atomic E-state index is 0.0383. The van der Waals surface area contributed by atoms with E-state index in [0.29, 0.717) is 52.1 Å². The predicted molar refractivity (Wildman–Crippen MR) is 66.0 cm³/mol. The van der Waals surface area contributed by atoms with Crippen molar-refractivity contribution in [1.29, 1.82) is 0 Å². The summed E-state index contributed by atoms with van der Waals surface area (Å²) in [5, 5.41) is 9.23. The number of carbonyl (C=O) groups is 2. The molecule has 0 spiro atoms. The molecule has 1 saturated heterocycles. The van der Waals surface area contributed by atoms with Crippen molar-refractivity contribution in [2.75, 3.05) is 32.8 Å². The van der Waals surface area contributed by atoms with Gasteiger partial charge in [0, 0.05) is 19.6 Å². The van der Waals surface area contributed by atoms with Gasteiger partial charge in [-0.2, -0.15) is 0 Å². The summed E-state index contributed by atoms with van der Waals surface area (Å²) < 4.78 is 5.15. The lowest BCUT2D eigenvalue weighted by atomic mass is 9.84. The quantitative estimate of drug-likeness (QED) is 0.630. The molecule has 0 aromatic rings. The third-order valence-electron chi connectivity index (χ3n) is 3.56. The van der Waals surface area contributed by atoms with Gasteiger partial charge in [-0.3, -0.25) is 9.59 Å². The Morgan fingerprint density at radius 2 is 2.17 bits per heavy atom. The normalized spacial score (nSPS) is 23.3. The number of likely N-dealkylation sites (tertiary alicyclic amines) is 1. The highest BCUT2D eigenvalue weighted by Gasteiger charge is 2.44. The zero-order chi connectivity index (χ0) is 13.6. The highest BCUT2D eigenvalue weighted by atomic mass is 16.5. The number of carboxylic acid groups (broad SMARTS) is 1. The van der Waals surface area contributed by atoms with Crippen molar-refractivity contribution < 1.29 is 19.4 Å². The lowest BCUT2D eigenvalue weighted by molar-refractivity contribution is -0.148. The van der Waals surface area contributed by atoms with E-state index in [2.05, 4.69) is 0 Å². The molecule has 0 saturated carbocycles. The van der Waals surface area contributed by atoms with E-state index in [9.17, 15) is 14.7 Å². The van der Waals surface area contributed by atoms with Crippen molar-refractivity contribution in [3.05, 3.63) is 0 Å². The molecule has 6 nitrogen and oxygen atoms in total. The van der Waals surface area contributed by atoms with Gasteiger partial charge >= 0.3 is 5.97 Å². The van der Waals surface area contributed by atoms with Gasteiger partial charge in [-0.05, 0) is 12.8 Å². The van der Waals surface area contributed by atoms with Gasteiger partial charge in [-0.1, -0.05) is 6.92 Å². The van der Waals surface area contributed by atoms with Gasteiger partial charge in [0.05, 0.1) is 25.0 Å². The summed E-state index contributed by atoms with van der Waals surface area (Å²) in [7, 11) is 0. The molecular formula is C12H22N2O4. The molecule has 0 aromatic carbocycles. The number of nitrogens with two attached hydrogens (primary N) is 1. The summed E-state index contributed by atoms with van der Waals surface area (Å²) in [5.74, 6) is -0.844. The first kappa shape index (κ1) is 14.9. The van der Waals surface area contributed by atoms with Crippen molar-refractivity contribution in [3.8, 4) is 0 Å². The largest absolute Gasteiger partial charge is 0.481 e. The van der Waals surface area contributed by atoms with Crippen LogP contribution in [0.15, 0.2) is 0 Å². The maximum atomic E-state index is 11.9. The molecule has 0 aliphatic carbocycles. The van der Waals surface area contributed by atoms with Crippen LogP contribution in [0.5, 0.6) is 0 Å². The Bertz CT molecular complexity index is 308. The minimum Gasteiger partial charge on any atom is -0.481 e. The number of ether oxygens (including phenoxy) is 1. The molecular weight excluding hydrogens is 236 g/mol. The van der Waals surface area contributed by atoms with E-state index < -0.39 is 11.4 Å². The molecule has 1 aliphatic heterocycles. The molecule has 0 bridgehead atoms. The molecule has 0 aromatic heterocycles. The van der Waals surface area contributed by atoms with E-state index in [1.54, 1.807) is 4.90 Å². The fourth-order valence-electron chi connectivity index (χ4n) is 2.20. The van der Waals surface area contributed by atoms with Crippen LogP contribution in [0.1, 0.15) is 26.2 Å². The molecule has 104 valence electrons. The molecule has 1 heterocycles. The minimum atomic E-state index is -0.806. The Morgan fingerprint density at radius 1 is 1.44 bits per heavy atom. The van der Waals surface area contributed by atoms with Crippen LogP contribution in [0.4, 0.5) is 0 Å². The Hall–Kier alpha value is -1.14. The van der Waals surface area contributed by atoms with E-state index in [1.165, 1.54) is 0 Å². The highest BCUT2D eigenvalue weighted by Crippen LogP contribution is 2.34. The second kappa shape index (κ2) is 6.70. The van der Waals surface area contributed by atoms with Gasteiger partial charge in [-0.25, -0.2) is 0 Å². The third-order valence-corrected chi connectivity index (χ3v) is 3.56. The summed E-state index contributed by atoms with van der Waals surface area (Å²) in [6, 6.07) is 0. The zero-order valence-electron chi connectivity index (χ0n) is 10.9. The number of carbonyl (C=O) groups excluding carboxylic acids is 1. The van der Waals surface area contributed by atoms with Gasteiger partial charge in [0.25, 0.3) is 0 Å². The maximum Gasteiger partial charge on any atom is 0.311 e. The van der Waals surface area contributed by atoms with Crippen LogP contribution in [0.2, 0.25) is 0 Å². The van der Waals surface area contributed by atoms with Gasteiger partial charge < -0.3 is 20.5 Å². The van der Waals surface area contributed by atoms with Crippen molar-refractivity contribution >= 4 is 11.9 Å².